The number of nitrogens with one attached hydrogen (secondary N) is 1. The maximum Gasteiger partial charge on any atom is 0.226 e. The lowest BCUT2D eigenvalue weighted by Crippen LogP contribution is -2.38. The average molecular weight is 367 g/mol. The number of H-pyrrole nitrogens is 1. The summed E-state index contributed by atoms with van der Waals surface area (Å²) in [5, 5.41) is 1.98. The van der Waals surface area contributed by atoms with Gasteiger partial charge in [0.15, 0.2) is 0 Å². The number of aromatic amines is 1. The predicted octanol–water partition coefficient (Wildman–Crippen LogP) is 5.08. The number of aromatic nitrogens is 1. The van der Waals surface area contributed by atoms with Gasteiger partial charge in [0, 0.05) is 35.2 Å². The van der Waals surface area contributed by atoms with Crippen molar-refractivity contribution in [3.8, 4) is 0 Å². The average Bonchev–Trinajstić information content (AvgIpc) is 3.05. The van der Waals surface area contributed by atoms with Crippen molar-refractivity contribution < 1.29 is 4.79 Å². The molecular formula is C22H23ClN2O. The molecule has 1 fully saturated rings. The normalized spacial score (nSPS) is 15.5. The van der Waals surface area contributed by atoms with Gasteiger partial charge in [-0.1, -0.05) is 41.4 Å². The molecule has 4 rings (SSSR count). The van der Waals surface area contributed by atoms with E-state index < -0.39 is 0 Å². The number of fused-ring (bicyclic) bond motifs is 1. The highest BCUT2D eigenvalue weighted by molar-refractivity contribution is 6.31. The first-order valence-corrected chi connectivity index (χ1v) is 9.58. The van der Waals surface area contributed by atoms with Crippen molar-refractivity contribution in [2.75, 3.05) is 13.1 Å². The summed E-state index contributed by atoms with van der Waals surface area (Å²) in [6.07, 6.45) is 4.60. The van der Waals surface area contributed by atoms with E-state index in [-0.39, 0.29) is 5.91 Å². The minimum atomic E-state index is 0.232. The first-order valence-electron chi connectivity index (χ1n) is 9.20. The smallest absolute Gasteiger partial charge is 0.226 e. The third-order valence-corrected chi connectivity index (χ3v) is 5.64. The van der Waals surface area contributed by atoms with Crippen LogP contribution < -0.4 is 0 Å². The van der Waals surface area contributed by atoms with Gasteiger partial charge in [0.2, 0.25) is 5.91 Å². The maximum atomic E-state index is 12.6. The van der Waals surface area contributed by atoms with E-state index in [1.165, 1.54) is 16.5 Å². The summed E-state index contributed by atoms with van der Waals surface area (Å²) in [4.78, 5) is 18.0. The Kier molecular flexibility index (Phi) is 4.73. The Morgan fingerprint density at radius 2 is 2.00 bits per heavy atom. The number of rotatable bonds is 3. The quantitative estimate of drug-likeness (QED) is 0.689. The summed E-state index contributed by atoms with van der Waals surface area (Å²) in [6.45, 7) is 3.71. The number of aryl methyl sites for hydroxylation is 1. The Bertz CT molecular complexity index is 938. The molecule has 1 saturated heterocycles. The Labute approximate surface area is 159 Å². The van der Waals surface area contributed by atoms with Gasteiger partial charge in [-0.15, -0.1) is 0 Å². The fourth-order valence-electron chi connectivity index (χ4n) is 4.00. The van der Waals surface area contributed by atoms with Gasteiger partial charge >= 0.3 is 0 Å². The number of amides is 1. The molecule has 1 amide bonds. The van der Waals surface area contributed by atoms with Crippen LogP contribution in [0.4, 0.5) is 0 Å². The second-order valence-electron chi connectivity index (χ2n) is 7.25. The van der Waals surface area contributed by atoms with E-state index in [9.17, 15) is 4.79 Å². The number of piperidine rings is 1. The molecule has 134 valence electrons. The number of carbonyl (C=O) groups is 1. The van der Waals surface area contributed by atoms with Crippen molar-refractivity contribution >= 4 is 28.4 Å². The molecule has 4 heteroatoms. The first-order chi connectivity index (χ1) is 12.6. The maximum absolute atomic E-state index is 12.6. The molecule has 3 nitrogen and oxygen atoms in total. The summed E-state index contributed by atoms with van der Waals surface area (Å²) in [5.74, 6) is 0.709. The van der Waals surface area contributed by atoms with E-state index in [0.29, 0.717) is 12.3 Å². The topological polar surface area (TPSA) is 36.1 Å². The summed E-state index contributed by atoms with van der Waals surface area (Å²) >= 11 is 6.17. The predicted molar refractivity (Wildman–Crippen MR) is 107 cm³/mol. The van der Waals surface area contributed by atoms with E-state index in [1.807, 2.05) is 35.2 Å². The highest BCUT2D eigenvalue weighted by atomic mass is 35.5. The van der Waals surface area contributed by atoms with Crippen molar-refractivity contribution in [2.24, 2.45) is 0 Å². The van der Waals surface area contributed by atoms with Gasteiger partial charge < -0.3 is 9.88 Å². The van der Waals surface area contributed by atoms with Crippen molar-refractivity contribution in [2.45, 2.75) is 32.1 Å². The molecule has 1 aliphatic rings. The third-order valence-electron chi connectivity index (χ3n) is 5.40. The summed E-state index contributed by atoms with van der Waals surface area (Å²) in [5.41, 5.74) is 4.76. The molecule has 0 unspecified atom stereocenters. The van der Waals surface area contributed by atoms with Crippen LogP contribution in [0.1, 0.15) is 35.4 Å². The number of hydrogen-bond acceptors (Lipinski definition) is 1. The van der Waals surface area contributed by atoms with Crippen LogP contribution in [0.2, 0.25) is 5.02 Å². The fraction of sp³-hybridized carbons (Fsp3) is 0.318. The van der Waals surface area contributed by atoms with Gasteiger partial charge in [0.1, 0.15) is 0 Å². The van der Waals surface area contributed by atoms with Crippen molar-refractivity contribution in [1.82, 2.24) is 9.88 Å². The molecule has 0 radical (unpaired) electrons. The van der Waals surface area contributed by atoms with Crippen LogP contribution >= 0.6 is 11.6 Å². The number of carbonyl (C=O) groups excluding carboxylic acids is 1. The van der Waals surface area contributed by atoms with Gasteiger partial charge in [-0.2, -0.15) is 0 Å². The van der Waals surface area contributed by atoms with Crippen LogP contribution in [0, 0.1) is 6.92 Å². The van der Waals surface area contributed by atoms with E-state index in [2.05, 4.69) is 30.2 Å². The number of hydrogen-bond donors (Lipinski definition) is 1. The zero-order valence-corrected chi connectivity index (χ0v) is 15.7. The lowest BCUT2D eigenvalue weighted by molar-refractivity contribution is -0.131. The molecular weight excluding hydrogens is 344 g/mol. The summed E-state index contributed by atoms with van der Waals surface area (Å²) in [7, 11) is 0. The molecule has 0 aliphatic carbocycles. The summed E-state index contributed by atoms with van der Waals surface area (Å²) < 4.78 is 0. The van der Waals surface area contributed by atoms with Crippen LogP contribution in [0.3, 0.4) is 0 Å². The van der Waals surface area contributed by atoms with Crippen LogP contribution in [-0.2, 0) is 11.2 Å². The Morgan fingerprint density at radius 3 is 2.77 bits per heavy atom. The van der Waals surface area contributed by atoms with Crippen molar-refractivity contribution in [3.05, 3.63) is 70.4 Å². The van der Waals surface area contributed by atoms with Gasteiger partial charge in [-0.3, -0.25) is 4.79 Å². The van der Waals surface area contributed by atoms with E-state index in [1.54, 1.807) is 0 Å². The Hall–Kier alpha value is -2.26. The second kappa shape index (κ2) is 7.16. The highest BCUT2D eigenvalue weighted by Gasteiger charge is 2.25. The monoisotopic (exact) mass is 366 g/mol. The summed E-state index contributed by atoms with van der Waals surface area (Å²) in [6, 6.07) is 14.2. The molecule has 0 saturated carbocycles. The minimum Gasteiger partial charge on any atom is -0.361 e. The van der Waals surface area contributed by atoms with Crippen LogP contribution in [0.15, 0.2) is 48.7 Å². The molecule has 26 heavy (non-hydrogen) atoms. The fourth-order valence-corrected chi connectivity index (χ4v) is 4.17. The molecule has 1 aliphatic heterocycles. The molecule has 0 atom stereocenters. The molecule has 0 spiro atoms. The van der Waals surface area contributed by atoms with Gasteiger partial charge in [-0.05, 0) is 55.0 Å². The molecule has 3 aromatic rings. The van der Waals surface area contributed by atoms with Gasteiger partial charge in [-0.25, -0.2) is 0 Å². The lowest BCUT2D eigenvalue weighted by atomic mass is 9.89. The van der Waals surface area contributed by atoms with Crippen molar-refractivity contribution in [1.29, 1.82) is 0 Å². The van der Waals surface area contributed by atoms with Crippen LogP contribution in [0.25, 0.3) is 10.9 Å². The number of halogens is 1. The SMILES string of the molecule is Cc1cccc(CC(=O)N2CCC(c3c[nH]c4ccc(Cl)cc34)CC2)c1. The molecule has 1 aromatic heterocycles. The second-order valence-corrected chi connectivity index (χ2v) is 7.69. The number of likely N-dealkylation sites (tertiary alicyclic amines) is 1. The number of benzene rings is 2. The van der Waals surface area contributed by atoms with E-state index >= 15 is 0 Å². The number of nitrogens with zero attached hydrogens (tertiary/aromatic N) is 1. The third kappa shape index (κ3) is 3.49. The van der Waals surface area contributed by atoms with Crippen molar-refractivity contribution in [3.63, 3.8) is 0 Å². The van der Waals surface area contributed by atoms with Gasteiger partial charge in [0.05, 0.1) is 6.42 Å². The highest BCUT2D eigenvalue weighted by Crippen LogP contribution is 2.34. The first kappa shape index (κ1) is 17.2. The van der Waals surface area contributed by atoms with Crippen LogP contribution in [0.5, 0.6) is 0 Å². The largest absolute Gasteiger partial charge is 0.361 e. The Balaban J connectivity index is 1.42. The van der Waals surface area contributed by atoms with Crippen LogP contribution in [-0.4, -0.2) is 28.9 Å². The molecule has 0 bridgehead atoms. The molecule has 2 aromatic carbocycles. The molecule has 1 N–H and O–H groups in total. The van der Waals surface area contributed by atoms with E-state index in [4.69, 9.17) is 11.6 Å². The minimum absolute atomic E-state index is 0.232. The zero-order valence-electron chi connectivity index (χ0n) is 15.0. The Morgan fingerprint density at radius 1 is 1.19 bits per heavy atom. The molecule has 2 heterocycles. The van der Waals surface area contributed by atoms with Gasteiger partial charge in [0.25, 0.3) is 0 Å². The zero-order chi connectivity index (χ0) is 18.1. The lowest BCUT2D eigenvalue weighted by Gasteiger charge is -2.32. The van der Waals surface area contributed by atoms with E-state index in [0.717, 1.165) is 42.0 Å². The standard InChI is InChI=1S/C22H23ClN2O/c1-15-3-2-4-16(11-15)12-22(26)25-9-7-17(8-10-25)20-14-24-21-6-5-18(23)13-19(20)21/h2-6,11,13-14,17,24H,7-10,12H2,1H3.